The van der Waals surface area contributed by atoms with Crippen LogP contribution in [0.3, 0.4) is 0 Å². The number of carboxylic acids is 2. The van der Waals surface area contributed by atoms with Gasteiger partial charge in [-0.25, -0.2) is 19.0 Å². The van der Waals surface area contributed by atoms with E-state index in [-0.39, 0.29) is 5.82 Å². The van der Waals surface area contributed by atoms with Gasteiger partial charge in [0.2, 0.25) is 0 Å². The Balaban J connectivity index is 0.000000414. The van der Waals surface area contributed by atoms with Gasteiger partial charge in [0.25, 0.3) is 0 Å². The quantitative estimate of drug-likeness (QED) is 0.377. The third kappa shape index (κ3) is 9.55. The third-order valence-electron chi connectivity index (χ3n) is 6.04. The highest BCUT2D eigenvalue weighted by molar-refractivity contribution is 8.13. The van der Waals surface area contributed by atoms with Gasteiger partial charge in [-0.15, -0.1) is 0 Å². The van der Waals surface area contributed by atoms with Crippen molar-refractivity contribution in [2.24, 2.45) is 4.99 Å². The average molecular weight is 530 g/mol. The molecule has 0 bridgehead atoms. The molecule has 0 spiro atoms. The normalized spacial score (nSPS) is 15.8. The van der Waals surface area contributed by atoms with Gasteiger partial charge in [0.05, 0.1) is 12.3 Å². The second-order valence-corrected chi connectivity index (χ2v) is 9.60. The Labute approximate surface area is 220 Å². The van der Waals surface area contributed by atoms with E-state index >= 15 is 0 Å². The number of carboxylic acid groups (broad SMARTS) is 2. The highest BCUT2D eigenvalue weighted by atomic mass is 32.2. The lowest BCUT2D eigenvalue weighted by Gasteiger charge is -2.38. The minimum Gasteiger partial charge on any atom is -0.494 e. The summed E-state index contributed by atoms with van der Waals surface area (Å²) in [5, 5.41) is 16.8. The zero-order valence-corrected chi connectivity index (χ0v) is 21.6. The van der Waals surface area contributed by atoms with Crippen LogP contribution in [0.2, 0.25) is 0 Å². The van der Waals surface area contributed by atoms with Crippen molar-refractivity contribution in [1.82, 2.24) is 9.80 Å². The number of halogens is 1. The lowest BCUT2D eigenvalue weighted by molar-refractivity contribution is -0.134. The largest absolute Gasteiger partial charge is 0.494 e. The van der Waals surface area contributed by atoms with Crippen LogP contribution in [0.4, 0.5) is 10.1 Å². The summed E-state index contributed by atoms with van der Waals surface area (Å²) in [6.45, 7) is 3.93. The molecule has 4 rings (SSSR count). The number of likely N-dealkylation sites (tertiary alicyclic amines) is 1. The van der Waals surface area contributed by atoms with Gasteiger partial charge in [0.15, 0.2) is 5.17 Å². The molecule has 37 heavy (non-hydrogen) atoms. The molecule has 0 unspecified atom stereocenters. The molecule has 2 aromatic carbocycles. The molecule has 2 N–H and O–H groups in total. The number of nitrogens with zero attached hydrogens (tertiary/aromatic N) is 3. The molecule has 2 aromatic rings. The molecule has 0 aromatic heterocycles. The smallest absolute Gasteiger partial charge is 0.328 e. The van der Waals surface area contributed by atoms with Gasteiger partial charge in [-0.05, 0) is 55.2 Å². The molecule has 2 heterocycles. The number of fused-ring (bicyclic) bond motifs is 1. The molecule has 1 saturated heterocycles. The fourth-order valence-corrected chi connectivity index (χ4v) is 5.08. The minimum atomic E-state index is -1.26. The third-order valence-corrected chi connectivity index (χ3v) is 7.13. The zero-order valence-electron chi connectivity index (χ0n) is 20.8. The van der Waals surface area contributed by atoms with Crippen LogP contribution in [0.5, 0.6) is 5.75 Å². The first-order chi connectivity index (χ1) is 17.8. The monoisotopic (exact) mass is 529 g/mol. The summed E-state index contributed by atoms with van der Waals surface area (Å²) < 4.78 is 18.6. The van der Waals surface area contributed by atoms with Gasteiger partial charge in [-0.3, -0.25) is 0 Å². The molecule has 0 aliphatic carbocycles. The number of para-hydroxylation sites is 1. The Morgan fingerprint density at radius 3 is 2.41 bits per heavy atom. The van der Waals surface area contributed by atoms with Crippen molar-refractivity contribution in [2.45, 2.75) is 31.1 Å². The maximum atomic E-state index is 12.9. The van der Waals surface area contributed by atoms with Gasteiger partial charge < -0.3 is 24.7 Å². The lowest BCUT2D eigenvalue weighted by Crippen LogP contribution is -2.45. The Hall–Kier alpha value is -3.37. The number of thioether (sulfide) groups is 1. The van der Waals surface area contributed by atoms with Crippen molar-refractivity contribution in [3.05, 3.63) is 72.1 Å². The van der Waals surface area contributed by atoms with E-state index in [9.17, 15) is 14.0 Å². The molecule has 1 fully saturated rings. The summed E-state index contributed by atoms with van der Waals surface area (Å²) in [6.07, 6.45) is 4.43. The van der Waals surface area contributed by atoms with Crippen molar-refractivity contribution in [2.75, 3.05) is 33.3 Å². The maximum Gasteiger partial charge on any atom is 0.328 e. The van der Waals surface area contributed by atoms with Gasteiger partial charge in [0, 0.05) is 50.6 Å². The number of aliphatic imine (C=N–C) groups is 1. The first-order valence-electron chi connectivity index (χ1n) is 12.1. The highest BCUT2D eigenvalue weighted by Gasteiger charge is 2.26. The molecular weight excluding hydrogens is 497 g/mol. The van der Waals surface area contributed by atoms with Crippen LogP contribution in [0.1, 0.15) is 24.8 Å². The number of hydrogen-bond donors (Lipinski definition) is 2. The molecule has 198 valence electrons. The van der Waals surface area contributed by atoms with E-state index < -0.39 is 11.9 Å². The van der Waals surface area contributed by atoms with E-state index in [1.807, 2.05) is 11.8 Å². The van der Waals surface area contributed by atoms with E-state index in [1.54, 1.807) is 12.1 Å². The summed E-state index contributed by atoms with van der Waals surface area (Å²) >= 11 is 1.85. The van der Waals surface area contributed by atoms with Gasteiger partial charge in [-0.2, -0.15) is 0 Å². The van der Waals surface area contributed by atoms with Crippen LogP contribution < -0.4 is 4.74 Å². The highest BCUT2D eigenvalue weighted by Crippen LogP contribution is 2.32. The molecule has 0 saturated carbocycles. The molecular formula is C27H32FN3O5S. The van der Waals surface area contributed by atoms with Crippen LogP contribution in [-0.2, 0) is 15.3 Å². The predicted molar refractivity (Wildman–Crippen MR) is 143 cm³/mol. The van der Waals surface area contributed by atoms with Crippen molar-refractivity contribution < 1.29 is 28.9 Å². The number of hydrogen-bond acceptors (Lipinski definition) is 7. The van der Waals surface area contributed by atoms with E-state index in [0.717, 1.165) is 61.3 Å². The van der Waals surface area contributed by atoms with Crippen LogP contribution in [0.25, 0.3) is 0 Å². The second kappa shape index (κ2) is 14.4. The Morgan fingerprint density at radius 1 is 1.11 bits per heavy atom. The molecule has 10 heteroatoms. The second-order valence-electron chi connectivity index (χ2n) is 8.66. The number of piperidine rings is 1. The number of carbonyl (C=O) groups is 2. The fraction of sp³-hybridized carbons (Fsp3) is 0.370. The van der Waals surface area contributed by atoms with Crippen LogP contribution in [0.15, 0.2) is 65.7 Å². The maximum absolute atomic E-state index is 12.9. The van der Waals surface area contributed by atoms with Crippen LogP contribution >= 0.6 is 11.8 Å². The fourth-order valence-electron chi connectivity index (χ4n) is 4.04. The molecule has 2 aliphatic heterocycles. The Kier molecular flexibility index (Phi) is 11.0. The topological polar surface area (TPSA) is 103 Å². The summed E-state index contributed by atoms with van der Waals surface area (Å²) in [5.41, 5.74) is 2.44. The minimum absolute atomic E-state index is 0.230. The Morgan fingerprint density at radius 2 is 1.76 bits per heavy atom. The average Bonchev–Trinajstić information content (AvgIpc) is 2.91. The van der Waals surface area contributed by atoms with E-state index in [1.165, 1.54) is 17.7 Å². The van der Waals surface area contributed by atoms with Crippen molar-refractivity contribution in [3.8, 4) is 5.75 Å². The lowest BCUT2D eigenvalue weighted by atomic mass is 10.0. The van der Waals surface area contributed by atoms with Crippen LogP contribution in [-0.4, -0.2) is 76.4 Å². The molecule has 0 amide bonds. The van der Waals surface area contributed by atoms with Gasteiger partial charge in [-0.1, -0.05) is 30.0 Å². The van der Waals surface area contributed by atoms with E-state index in [0.29, 0.717) is 24.8 Å². The first kappa shape index (κ1) is 28.2. The number of amidine groups is 1. The first-order valence-corrected chi connectivity index (χ1v) is 13.1. The number of ether oxygens (including phenoxy) is 1. The van der Waals surface area contributed by atoms with E-state index in [4.69, 9.17) is 19.9 Å². The SMILES string of the molecule is CN(C1=Nc2ccccc2CS1)C1CCN(CCCOc2ccc(F)cc2)CC1.O=C(O)/C=C\C(=O)O. The van der Waals surface area contributed by atoms with Gasteiger partial charge in [0.1, 0.15) is 11.6 Å². The van der Waals surface area contributed by atoms with Crippen molar-refractivity contribution in [3.63, 3.8) is 0 Å². The van der Waals surface area contributed by atoms with E-state index in [2.05, 4.69) is 41.1 Å². The zero-order chi connectivity index (χ0) is 26.6. The van der Waals surface area contributed by atoms with Crippen molar-refractivity contribution in [1.29, 1.82) is 0 Å². The molecule has 8 nitrogen and oxygen atoms in total. The molecule has 0 atom stereocenters. The summed E-state index contributed by atoms with van der Waals surface area (Å²) in [5.74, 6) is -1.00. The summed E-state index contributed by atoms with van der Waals surface area (Å²) in [4.78, 5) is 28.9. The number of aliphatic carboxylic acids is 2. The number of benzene rings is 2. The number of rotatable bonds is 8. The summed E-state index contributed by atoms with van der Waals surface area (Å²) in [7, 11) is 2.19. The predicted octanol–water partition coefficient (Wildman–Crippen LogP) is 4.64. The molecule has 0 radical (unpaired) electrons. The van der Waals surface area contributed by atoms with Gasteiger partial charge >= 0.3 is 11.9 Å². The van der Waals surface area contributed by atoms with Crippen LogP contribution in [0, 0.1) is 5.82 Å². The molecule has 2 aliphatic rings. The van der Waals surface area contributed by atoms with Crippen molar-refractivity contribution >= 4 is 34.6 Å². The standard InChI is InChI=1S/C23H28FN3OS.C4H4O4/c1-26(23-25-22-6-3-2-5-18(22)17-29-23)20-11-14-27(15-12-20)13-4-16-28-21-9-7-19(24)8-10-21;5-3(6)1-2-4(7)8/h2-3,5-10,20H,4,11-17H2,1H3;1-2H,(H,5,6)(H,7,8)/b;2-1-. The summed E-state index contributed by atoms with van der Waals surface area (Å²) in [6, 6.07) is 15.2. The Bertz CT molecular complexity index is 1090.